The number of benzene rings is 1. The lowest BCUT2D eigenvalue weighted by Crippen LogP contribution is -2.12. The Morgan fingerprint density at radius 3 is 2.69 bits per heavy atom. The van der Waals surface area contributed by atoms with Crippen LogP contribution >= 0.6 is 12.4 Å². The van der Waals surface area contributed by atoms with Crippen molar-refractivity contribution in [2.75, 3.05) is 12.3 Å². The highest BCUT2D eigenvalue weighted by molar-refractivity contribution is 5.94. The third kappa shape index (κ3) is 3.66. The standard InChI is InChI=1S/C19H20FN7O.ClH/c1-3-22-8-12-6-5-11(7-14(12)20)13-9-23-10-15-17(13)27(4-2)19(24-15)16-18(21)26-28-25-16;/h5-7,9-10,22H,3-4,8H2,1-2H3,(H2,21,26);1H. The van der Waals surface area contributed by atoms with Gasteiger partial charge in [0.15, 0.2) is 17.3 Å². The summed E-state index contributed by atoms with van der Waals surface area (Å²) in [6.45, 7) is 5.84. The molecule has 0 aliphatic rings. The van der Waals surface area contributed by atoms with Crippen LogP contribution in [0.4, 0.5) is 10.2 Å². The van der Waals surface area contributed by atoms with E-state index >= 15 is 0 Å². The summed E-state index contributed by atoms with van der Waals surface area (Å²) < 4.78 is 21.3. The molecule has 3 N–H and O–H groups in total. The van der Waals surface area contributed by atoms with E-state index in [1.54, 1.807) is 18.5 Å². The molecule has 8 nitrogen and oxygen atoms in total. The summed E-state index contributed by atoms with van der Waals surface area (Å²) in [6.07, 6.45) is 3.37. The van der Waals surface area contributed by atoms with Gasteiger partial charge >= 0.3 is 0 Å². The molecule has 0 aliphatic heterocycles. The predicted molar refractivity (Wildman–Crippen MR) is 111 cm³/mol. The Morgan fingerprint density at radius 1 is 1.21 bits per heavy atom. The van der Waals surface area contributed by atoms with Crippen molar-refractivity contribution in [3.05, 3.63) is 42.0 Å². The lowest BCUT2D eigenvalue weighted by molar-refractivity contribution is 0.310. The fourth-order valence-electron chi connectivity index (χ4n) is 3.26. The molecule has 4 rings (SSSR count). The van der Waals surface area contributed by atoms with Crippen LogP contribution in [0.2, 0.25) is 0 Å². The first kappa shape index (κ1) is 20.7. The zero-order valence-electron chi connectivity index (χ0n) is 16.0. The summed E-state index contributed by atoms with van der Waals surface area (Å²) >= 11 is 0. The van der Waals surface area contributed by atoms with E-state index in [1.807, 2.05) is 24.5 Å². The number of nitrogen functional groups attached to an aromatic ring is 1. The number of halogens is 2. The predicted octanol–water partition coefficient (Wildman–Crippen LogP) is 3.42. The average molecular weight is 418 g/mol. The summed E-state index contributed by atoms with van der Waals surface area (Å²) in [6, 6.07) is 5.21. The SMILES string of the molecule is CCNCc1ccc(-c2cncc3nc(-c4nonc4N)n(CC)c23)cc1F.Cl. The monoisotopic (exact) mass is 417 g/mol. The smallest absolute Gasteiger partial charge is 0.199 e. The second-order valence-corrected chi connectivity index (χ2v) is 6.32. The number of aromatic nitrogens is 5. The van der Waals surface area contributed by atoms with E-state index in [4.69, 9.17) is 10.4 Å². The minimum absolute atomic E-state index is 0. The second kappa shape index (κ2) is 8.54. The third-order valence-electron chi connectivity index (χ3n) is 4.62. The number of nitrogens with one attached hydrogen (secondary N) is 1. The fraction of sp³-hybridized carbons (Fsp3) is 0.263. The molecule has 0 spiro atoms. The molecule has 10 heteroatoms. The van der Waals surface area contributed by atoms with Crippen molar-refractivity contribution in [2.24, 2.45) is 0 Å². The number of anilines is 1. The highest BCUT2D eigenvalue weighted by atomic mass is 35.5. The molecule has 0 aliphatic carbocycles. The van der Waals surface area contributed by atoms with Crippen molar-refractivity contribution in [3.8, 4) is 22.6 Å². The number of nitrogens with two attached hydrogens (primary N) is 1. The first-order valence-electron chi connectivity index (χ1n) is 9.06. The van der Waals surface area contributed by atoms with Crippen molar-refractivity contribution in [1.82, 2.24) is 30.2 Å². The van der Waals surface area contributed by atoms with Crippen molar-refractivity contribution < 1.29 is 9.02 Å². The highest BCUT2D eigenvalue weighted by Gasteiger charge is 2.21. The van der Waals surface area contributed by atoms with Crippen LogP contribution in [0.3, 0.4) is 0 Å². The Labute approximate surface area is 172 Å². The maximum Gasteiger partial charge on any atom is 0.199 e. The van der Waals surface area contributed by atoms with E-state index < -0.39 is 0 Å². The number of rotatable bonds is 6. The van der Waals surface area contributed by atoms with Gasteiger partial charge in [0.05, 0.1) is 11.7 Å². The zero-order valence-corrected chi connectivity index (χ0v) is 16.8. The summed E-state index contributed by atoms with van der Waals surface area (Å²) in [7, 11) is 0. The molecular formula is C19H21ClFN7O. The quantitative estimate of drug-likeness (QED) is 0.494. The van der Waals surface area contributed by atoms with E-state index in [9.17, 15) is 4.39 Å². The number of hydrogen-bond acceptors (Lipinski definition) is 7. The molecule has 3 heterocycles. The molecule has 0 saturated heterocycles. The molecular weight excluding hydrogens is 397 g/mol. The molecule has 0 fully saturated rings. The number of aryl methyl sites for hydroxylation is 1. The van der Waals surface area contributed by atoms with Gasteiger partial charge in [-0.3, -0.25) is 4.98 Å². The Balaban J connectivity index is 0.00000240. The summed E-state index contributed by atoms with van der Waals surface area (Å²) in [5, 5.41) is 10.6. The van der Waals surface area contributed by atoms with Crippen LogP contribution in [0.5, 0.6) is 0 Å². The van der Waals surface area contributed by atoms with E-state index in [1.165, 1.54) is 6.07 Å². The molecule has 29 heavy (non-hydrogen) atoms. The van der Waals surface area contributed by atoms with Gasteiger partial charge in [0.2, 0.25) is 0 Å². The van der Waals surface area contributed by atoms with Gasteiger partial charge < -0.3 is 15.6 Å². The third-order valence-corrected chi connectivity index (χ3v) is 4.62. The molecule has 0 saturated carbocycles. The van der Waals surface area contributed by atoms with Gasteiger partial charge in [-0.25, -0.2) is 14.0 Å². The zero-order chi connectivity index (χ0) is 19.7. The number of hydrogen-bond donors (Lipinski definition) is 2. The van der Waals surface area contributed by atoms with E-state index in [0.717, 1.165) is 23.2 Å². The van der Waals surface area contributed by atoms with Crippen molar-refractivity contribution in [2.45, 2.75) is 26.9 Å². The van der Waals surface area contributed by atoms with Gasteiger partial charge in [-0.15, -0.1) is 12.4 Å². The van der Waals surface area contributed by atoms with E-state index in [0.29, 0.717) is 35.7 Å². The van der Waals surface area contributed by atoms with Crippen LogP contribution < -0.4 is 11.1 Å². The summed E-state index contributed by atoms with van der Waals surface area (Å²) in [4.78, 5) is 8.89. The van der Waals surface area contributed by atoms with E-state index in [2.05, 4.69) is 25.6 Å². The normalized spacial score (nSPS) is 11.0. The molecule has 0 radical (unpaired) electrons. The summed E-state index contributed by atoms with van der Waals surface area (Å²) in [5.41, 5.74) is 9.84. The second-order valence-electron chi connectivity index (χ2n) is 6.32. The number of fused-ring (bicyclic) bond motifs is 1. The van der Waals surface area contributed by atoms with Crippen LogP contribution in [0.25, 0.3) is 33.7 Å². The number of pyridine rings is 1. The van der Waals surface area contributed by atoms with Crippen molar-refractivity contribution in [1.29, 1.82) is 0 Å². The van der Waals surface area contributed by atoms with Gasteiger partial charge in [-0.1, -0.05) is 19.1 Å². The molecule has 0 unspecified atom stereocenters. The first-order valence-corrected chi connectivity index (χ1v) is 9.06. The van der Waals surface area contributed by atoms with Crippen LogP contribution in [0.1, 0.15) is 19.4 Å². The lowest BCUT2D eigenvalue weighted by Gasteiger charge is -2.10. The van der Waals surface area contributed by atoms with Gasteiger partial charge in [-0.05, 0) is 35.4 Å². The fourth-order valence-corrected chi connectivity index (χ4v) is 3.26. The Morgan fingerprint density at radius 2 is 2.03 bits per heavy atom. The first-order chi connectivity index (χ1) is 13.6. The minimum Gasteiger partial charge on any atom is -0.379 e. The van der Waals surface area contributed by atoms with E-state index in [-0.39, 0.29) is 24.0 Å². The Kier molecular flexibility index (Phi) is 6.09. The Bertz CT molecular complexity index is 1140. The number of imidazole rings is 1. The molecule has 0 amide bonds. The van der Waals surface area contributed by atoms with Crippen LogP contribution in [0, 0.1) is 5.82 Å². The van der Waals surface area contributed by atoms with Crippen molar-refractivity contribution in [3.63, 3.8) is 0 Å². The largest absolute Gasteiger partial charge is 0.379 e. The molecule has 152 valence electrons. The topological polar surface area (TPSA) is 108 Å². The van der Waals surface area contributed by atoms with Crippen LogP contribution in [-0.4, -0.2) is 31.4 Å². The van der Waals surface area contributed by atoms with Gasteiger partial charge in [0.1, 0.15) is 11.3 Å². The summed E-state index contributed by atoms with van der Waals surface area (Å²) in [5.74, 6) is 0.441. The Hall–Kier alpha value is -3.04. The average Bonchev–Trinajstić information content (AvgIpc) is 3.29. The lowest BCUT2D eigenvalue weighted by atomic mass is 10.0. The maximum absolute atomic E-state index is 14.6. The maximum atomic E-state index is 14.6. The van der Waals surface area contributed by atoms with Gasteiger partial charge in [-0.2, -0.15) is 0 Å². The molecule has 1 aromatic carbocycles. The van der Waals surface area contributed by atoms with Crippen LogP contribution in [-0.2, 0) is 13.1 Å². The van der Waals surface area contributed by atoms with Gasteiger partial charge in [0.25, 0.3) is 0 Å². The van der Waals surface area contributed by atoms with Crippen LogP contribution in [0.15, 0.2) is 35.2 Å². The van der Waals surface area contributed by atoms with Gasteiger partial charge in [0, 0.05) is 30.4 Å². The van der Waals surface area contributed by atoms with Crippen molar-refractivity contribution >= 4 is 29.3 Å². The minimum atomic E-state index is -0.261. The molecule has 0 atom stereocenters. The molecule has 4 aromatic rings. The molecule has 3 aromatic heterocycles. The highest BCUT2D eigenvalue weighted by Crippen LogP contribution is 2.33. The number of nitrogens with zero attached hydrogens (tertiary/aromatic N) is 5. The molecule has 0 bridgehead atoms.